The first-order valence-corrected chi connectivity index (χ1v) is 6.38. The number of halogens is 2. The van der Waals surface area contributed by atoms with Crippen molar-refractivity contribution in [3.05, 3.63) is 63.4 Å². The molecule has 0 amide bonds. The Bertz CT molecular complexity index is 537. The highest BCUT2D eigenvalue weighted by molar-refractivity contribution is 6.35. The third-order valence-corrected chi connectivity index (χ3v) is 3.42. The predicted octanol–water partition coefficient (Wildman–Crippen LogP) is 3.97. The van der Waals surface area contributed by atoms with E-state index in [0.29, 0.717) is 22.2 Å². The number of hydrogen-bond donors (Lipinski definition) is 1. The molecule has 2 aromatic rings. The summed E-state index contributed by atoms with van der Waals surface area (Å²) >= 11 is 12.2. The molecule has 0 aliphatic rings. The summed E-state index contributed by atoms with van der Waals surface area (Å²) in [6, 6.07) is 10.9. The molecule has 0 aliphatic heterocycles. The van der Waals surface area contributed by atoms with E-state index < -0.39 is 6.10 Å². The highest BCUT2D eigenvalue weighted by Crippen LogP contribution is 2.28. The number of benzene rings is 1. The summed E-state index contributed by atoms with van der Waals surface area (Å²) in [5.41, 5.74) is 2.25. The zero-order valence-corrected chi connectivity index (χ0v) is 11.4. The van der Waals surface area contributed by atoms with E-state index in [1.54, 1.807) is 24.3 Å². The van der Waals surface area contributed by atoms with Gasteiger partial charge in [0, 0.05) is 22.2 Å². The lowest BCUT2D eigenvalue weighted by Crippen LogP contribution is -2.05. The van der Waals surface area contributed by atoms with Gasteiger partial charge in [-0.05, 0) is 36.8 Å². The van der Waals surface area contributed by atoms with Crippen LogP contribution in [0.3, 0.4) is 0 Å². The number of aromatic nitrogens is 1. The molecule has 1 heterocycles. The zero-order valence-electron chi connectivity index (χ0n) is 9.90. The van der Waals surface area contributed by atoms with Crippen molar-refractivity contribution in [3.63, 3.8) is 0 Å². The molecule has 1 unspecified atom stereocenters. The first kappa shape index (κ1) is 13.3. The van der Waals surface area contributed by atoms with Gasteiger partial charge in [0.2, 0.25) is 0 Å². The minimum Gasteiger partial charge on any atom is -0.386 e. The molecular formula is C14H13Cl2NO. The van der Waals surface area contributed by atoms with E-state index in [-0.39, 0.29) is 0 Å². The Morgan fingerprint density at radius 2 is 1.72 bits per heavy atom. The molecule has 94 valence electrons. The monoisotopic (exact) mass is 281 g/mol. The van der Waals surface area contributed by atoms with Crippen LogP contribution in [-0.4, -0.2) is 10.1 Å². The highest BCUT2D eigenvalue weighted by atomic mass is 35.5. The molecule has 0 fully saturated rings. The third-order valence-electron chi connectivity index (χ3n) is 2.71. The SMILES string of the molecule is Cc1cccc(C(O)Cc2c(Cl)cccc2Cl)n1. The molecule has 18 heavy (non-hydrogen) atoms. The maximum atomic E-state index is 10.2. The van der Waals surface area contributed by atoms with Crippen LogP contribution in [0.15, 0.2) is 36.4 Å². The third kappa shape index (κ3) is 3.02. The predicted molar refractivity (Wildman–Crippen MR) is 74.1 cm³/mol. The fourth-order valence-corrected chi connectivity index (χ4v) is 2.33. The van der Waals surface area contributed by atoms with Gasteiger partial charge < -0.3 is 5.11 Å². The molecule has 0 aliphatic carbocycles. The number of nitrogens with zero attached hydrogens (tertiary/aromatic N) is 1. The number of aliphatic hydroxyl groups excluding tert-OH is 1. The summed E-state index contributed by atoms with van der Waals surface area (Å²) < 4.78 is 0. The van der Waals surface area contributed by atoms with E-state index in [9.17, 15) is 5.11 Å². The van der Waals surface area contributed by atoms with Crippen molar-refractivity contribution in [2.24, 2.45) is 0 Å². The summed E-state index contributed by atoms with van der Waals surface area (Å²) in [5, 5.41) is 11.3. The summed E-state index contributed by atoms with van der Waals surface area (Å²) in [5.74, 6) is 0. The molecule has 1 aromatic heterocycles. The molecule has 2 rings (SSSR count). The number of aliphatic hydroxyl groups is 1. The van der Waals surface area contributed by atoms with Crippen LogP contribution in [0.2, 0.25) is 10.0 Å². The summed E-state index contributed by atoms with van der Waals surface area (Å²) in [7, 11) is 0. The van der Waals surface area contributed by atoms with Crippen LogP contribution < -0.4 is 0 Å². The van der Waals surface area contributed by atoms with Crippen molar-refractivity contribution in [2.45, 2.75) is 19.4 Å². The van der Waals surface area contributed by atoms with Gasteiger partial charge >= 0.3 is 0 Å². The Kier molecular flexibility index (Phi) is 4.23. The molecule has 0 saturated carbocycles. The van der Waals surface area contributed by atoms with Crippen molar-refractivity contribution in [1.29, 1.82) is 0 Å². The van der Waals surface area contributed by atoms with Gasteiger partial charge in [-0.1, -0.05) is 35.3 Å². The van der Waals surface area contributed by atoms with Crippen molar-refractivity contribution >= 4 is 23.2 Å². The van der Waals surface area contributed by atoms with Crippen LogP contribution in [0.1, 0.15) is 23.1 Å². The van der Waals surface area contributed by atoms with Gasteiger partial charge in [-0.2, -0.15) is 0 Å². The van der Waals surface area contributed by atoms with E-state index >= 15 is 0 Å². The highest BCUT2D eigenvalue weighted by Gasteiger charge is 2.14. The quantitative estimate of drug-likeness (QED) is 0.923. The van der Waals surface area contributed by atoms with Gasteiger partial charge in [0.1, 0.15) is 6.10 Å². The molecule has 0 bridgehead atoms. The number of rotatable bonds is 3. The van der Waals surface area contributed by atoms with Crippen molar-refractivity contribution < 1.29 is 5.11 Å². The number of pyridine rings is 1. The Labute approximate surface area is 116 Å². The molecule has 1 aromatic carbocycles. The number of aryl methyl sites for hydroxylation is 1. The van der Waals surface area contributed by atoms with E-state index in [1.165, 1.54) is 0 Å². The lowest BCUT2D eigenvalue weighted by Gasteiger charge is -2.13. The molecule has 0 radical (unpaired) electrons. The zero-order chi connectivity index (χ0) is 13.1. The van der Waals surface area contributed by atoms with Gasteiger partial charge in [0.05, 0.1) is 5.69 Å². The minimum atomic E-state index is -0.706. The fourth-order valence-electron chi connectivity index (χ4n) is 1.77. The van der Waals surface area contributed by atoms with E-state index in [1.807, 2.05) is 19.1 Å². The summed E-state index contributed by atoms with van der Waals surface area (Å²) in [6.07, 6.45) is -0.350. The van der Waals surface area contributed by atoms with Crippen molar-refractivity contribution in [1.82, 2.24) is 4.98 Å². The van der Waals surface area contributed by atoms with Crippen molar-refractivity contribution in [2.75, 3.05) is 0 Å². The number of hydrogen-bond acceptors (Lipinski definition) is 2. The van der Waals surface area contributed by atoms with Gasteiger partial charge in [0.15, 0.2) is 0 Å². The van der Waals surface area contributed by atoms with Crippen LogP contribution in [0.25, 0.3) is 0 Å². The second-order valence-electron chi connectivity index (χ2n) is 4.12. The van der Waals surface area contributed by atoms with Crippen LogP contribution in [0, 0.1) is 6.92 Å². The molecule has 1 atom stereocenters. The second-order valence-corrected chi connectivity index (χ2v) is 4.94. The van der Waals surface area contributed by atoms with Crippen LogP contribution >= 0.6 is 23.2 Å². The molecule has 0 spiro atoms. The largest absolute Gasteiger partial charge is 0.386 e. The average Bonchev–Trinajstić information content (AvgIpc) is 2.34. The van der Waals surface area contributed by atoms with E-state index in [4.69, 9.17) is 23.2 Å². The second kappa shape index (κ2) is 5.70. The Morgan fingerprint density at radius 1 is 1.11 bits per heavy atom. The van der Waals surface area contributed by atoms with Crippen LogP contribution in [-0.2, 0) is 6.42 Å². The normalized spacial score (nSPS) is 12.4. The van der Waals surface area contributed by atoms with Gasteiger partial charge in [0.25, 0.3) is 0 Å². The lowest BCUT2D eigenvalue weighted by molar-refractivity contribution is 0.173. The maximum Gasteiger partial charge on any atom is 0.100 e. The Morgan fingerprint density at radius 3 is 2.33 bits per heavy atom. The topological polar surface area (TPSA) is 33.1 Å². The van der Waals surface area contributed by atoms with Crippen LogP contribution in [0.4, 0.5) is 0 Å². The van der Waals surface area contributed by atoms with Gasteiger partial charge in [-0.3, -0.25) is 4.98 Å². The van der Waals surface area contributed by atoms with E-state index in [2.05, 4.69) is 4.98 Å². The minimum absolute atomic E-state index is 0.356. The average molecular weight is 282 g/mol. The van der Waals surface area contributed by atoms with Gasteiger partial charge in [-0.15, -0.1) is 0 Å². The maximum absolute atomic E-state index is 10.2. The summed E-state index contributed by atoms with van der Waals surface area (Å²) in [4.78, 5) is 4.29. The fraction of sp³-hybridized carbons (Fsp3) is 0.214. The molecular weight excluding hydrogens is 269 g/mol. The lowest BCUT2D eigenvalue weighted by atomic mass is 10.0. The molecule has 1 N–H and O–H groups in total. The first-order valence-electron chi connectivity index (χ1n) is 5.62. The molecule has 2 nitrogen and oxygen atoms in total. The molecule has 4 heteroatoms. The Hall–Kier alpha value is -1.09. The molecule has 0 saturated heterocycles. The van der Waals surface area contributed by atoms with E-state index in [0.717, 1.165) is 11.3 Å². The van der Waals surface area contributed by atoms with Crippen LogP contribution in [0.5, 0.6) is 0 Å². The summed E-state index contributed by atoms with van der Waals surface area (Å²) in [6.45, 7) is 1.89. The first-order chi connectivity index (χ1) is 8.58. The standard InChI is InChI=1S/C14H13Cl2NO/c1-9-4-2-7-13(17-9)14(18)8-10-11(15)5-3-6-12(10)16/h2-7,14,18H,8H2,1H3. The smallest absolute Gasteiger partial charge is 0.100 e. The van der Waals surface area contributed by atoms with Crippen molar-refractivity contribution in [3.8, 4) is 0 Å². The van der Waals surface area contributed by atoms with Gasteiger partial charge in [-0.25, -0.2) is 0 Å². The Balaban J connectivity index is 2.24.